The van der Waals surface area contributed by atoms with E-state index < -0.39 is 0 Å². The number of nitrogens with two attached hydrogens (primary N) is 1. The van der Waals surface area contributed by atoms with Crippen LogP contribution in [0.5, 0.6) is 0 Å². The fourth-order valence-corrected chi connectivity index (χ4v) is 3.87. The summed E-state index contributed by atoms with van der Waals surface area (Å²) in [6.07, 6.45) is 5.14. The molecule has 3 rings (SSSR count). The van der Waals surface area contributed by atoms with Gasteiger partial charge in [-0.15, -0.1) is 0 Å². The maximum absolute atomic E-state index is 14.2. The van der Waals surface area contributed by atoms with E-state index in [0.717, 1.165) is 32.6 Å². The lowest BCUT2D eigenvalue weighted by Gasteiger charge is -2.10. The molecule has 0 bridgehead atoms. The number of allylic oxidation sites excluding steroid dienone is 1. The van der Waals surface area contributed by atoms with Crippen LogP contribution in [-0.4, -0.2) is 34.5 Å². The van der Waals surface area contributed by atoms with Gasteiger partial charge in [0.25, 0.3) is 0 Å². The number of fused-ring (bicyclic) bond motifs is 1. The van der Waals surface area contributed by atoms with Gasteiger partial charge in [0.05, 0.1) is 6.54 Å². The Morgan fingerprint density at radius 3 is 2.81 bits per heavy atom. The van der Waals surface area contributed by atoms with E-state index in [1.807, 2.05) is 60.5 Å². The second-order valence-corrected chi connectivity index (χ2v) is 7.65. The number of halogens is 1. The third kappa shape index (κ3) is 3.82. The Morgan fingerprint density at radius 1 is 1.31 bits per heavy atom. The molecule has 0 aliphatic rings. The zero-order chi connectivity index (χ0) is 18.7. The van der Waals surface area contributed by atoms with Gasteiger partial charge >= 0.3 is 0 Å². The number of rotatable bonds is 6. The van der Waals surface area contributed by atoms with Gasteiger partial charge in [0.2, 0.25) is 0 Å². The summed E-state index contributed by atoms with van der Waals surface area (Å²) in [5.74, 6) is -0.224. The summed E-state index contributed by atoms with van der Waals surface area (Å²) < 4.78 is 18.2. The van der Waals surface area contributed by atoms with E-state index in [1.165, 1.54) is 6.08 Å². The van der Waals surface area contributed by atoms with Crippen molar-refractivity contribution in [1.29, 1.82) is 0 Å². The van der Waals surface area contributed by atoms with Gasteiger partial charge in [-0.3, -0.25) is 9.29 Å². The molecule has 3 aromatic rings. The highest BCUT2D eigenvalue weighted by Gasteiger charge is 2.17. The average molecular weight is 370 g/mol. The number of hydrogen-bond acceptors (Lipinski definition) is 4. The van der Waals surface area contributed by atoms with Gasteiger partial charge in [-0.25, -0.2) is 4.39 Å². The topological polar surface area (TPSA) is 47.1 Å². The number of hydrogen-bond donors (Lipinski definition) is 1. The molecule has 0 atom stereocenters. The summed E-state index contributed by atoms with van der Waals surface area (Å²) in [4.78, 5) is 5.47. The molecule has 136 valence electrons. The lowest BCUT2D eigenvalue weighted by atomic mass is 10.0. The van der Waals surface area contributed by atoms with Crippen molar-refractivity contribution in [1.82, 2.24) is 13.9 Å². The summed E-state index contributed by atoms with van der Waals surface area (Å²) >= 11 is 1.62. The highest BCUT2D eigenvalue weighted by Crippen LogP contribution is 2.36. The molecule has 2 aromatic heterocycles. The predicted molar refractivity (Wildman–Crippen MR) is 108 cm³/mol. The fraction of sp³-hybridized carbons (Fsp3) is 0.250. The van der Waals surface area contributed by atoms with Crippen LogP contribution in [-0.2, 0) is 6.54 Å². The molecule has 2 N–H and O–H groups in total. The zero-order valence-electron chi connectivity index (χ0n) is 15.2. The lowest BCUT2D eigenvalue weighted by molar-refractivity contribution is 0.555. The van der Waals surface area contributed by atoms with Crippen molar-refractivity contribution in [2.75, 3.05) is 20.6 Å². The maximum Gasteiger partial charge on any atom is 0.117 e. The zero-order valence-corrected chi connectivity index (χ0v) is 16.1. The molecule has 0 aliphatic heterocycles. The van der Waals surface area contributed by atoms with Crippen molar-refractivity contribution in [3.63, 3.8) is 0 Å². The lowest BCUT2D eigenvalue weighted by Crippen LogP contribution is -2.03. The Morgan fingerprint density at radius 2 is 2.08 bits per heavy atom. The van der Waals surface area contributed by atoms with Gasteiger partial charge in [0, 0.05) is 51.6 Å². The largest absolute Gasteiger partial charge is 0.337 e. The first-order valence-electron chi connectivity index (χ1n) is 8.44. The minimum absolute atomic E-state index is 0.184. The maximum atomic E-state index is 14.2. The Bertz CT molecular complexity index is 946. The molecule has 4 nitrogen and oxygen atoms in total. The van der Waals surface area contributed by atoms with Crippen molar-refractivity contribution < 1.29 is 4.39 Å². The highest BCUT2D eigenvalue weighted by molar-refractivity contribution is 7.97. The van der Waals surface area contributed by atoms with Crippen LogP contribution in [0.4, 0.5) is 4.39 Å². The smallest absolute Gasteiger partial charge is 0.117 e. The molecule has 6 heteroatoms. The molecular formula is C20H23FN4S. The van der Waals surface area contributed by atoms with Crippen molar-refractivity contribution in [2.45, 2.75) is 18.4 Å². The van der Waals surface area contributed by atoms with E-state index in [0.29, 0.717) is 0 Å². The fourth-order valence-electron chi connectivity index (χ4n) is 3.16. The molecule has 0 saturated carbocycles. The van der Waals surface area contributed by atoms with Crippen molar-refractivity contribution in [2.24, 2.45) is 5.73 Å². The minimum Gasteiger partial charge on any atom is -0.337 e. The van der Waals surface area contributed by atoms with Crippen molar-refractivity contribution in [3.05, 3.63) is 60.3 Å². The first-order chi connectivity index (χ1) is 12.5. The molecule has 1 aromatic carbocycles. The second kappa shape index (κ2) is 8.03. The third-order valence-corrected chi connectivity index (χ3v) is 4.97. The summed E-state index contributed by atoms with van der Waals surface area (Å²) in [6.45, 7) is 2.41. The SMILES string of the molecule is Cc1c(-c2cncc(SN(C)C)c2)c2ccccc2n1C/C(F)=C/CN. The van der Waals surface area contributed by atoms with E-state index >= 15 is 0 Å². The Kier molecular flexibility index (Phi) is 5.76. The van der Waals surface area contributed by atoms with Crippen LogP contribution in [0.3, 0.4) is 0 Å². The number of aromatic nitrogens is 2. The van der Waals surface area contributed by atoms with Crippen molar-refractivity contribution in [3.8, 4) is 11.1 Å². The molecule has 0 saturated heterocycles. The molecule has 0 fully saturated rings. The van der Waals surface area contributed by atoms with Crippen LogP contribution in [0.1, 0.15) is 5.69 Å². The molecule has 0 radical (unpaired) electrons. The molecular weight excluding hydrogens is 347 g/mol. The molecule has 0 spiro atoms. The highest BCUT2D eigenvalue weighted by atomic mass is 32.2. The van der Waals surface area contributed by atoms with E-state index in [2.05, 4.69) is 17.1 Å². The molecule has 0 unspecified atom stereocenters. The van der Waals surface area contributed by atoms with Crippen LogP contribution >= 0.6 is 11.9 Å². The summed E-state index contributed by atoms with van der Waals surface area (Å²) in [5, 5.41) is 1.10. The Balaban J connectivity index is 2.15. The normalized spacial score (nSPS) is 12.3. The Labute approximate surface area is 157 Å². The number of nitrogens with zero attached hydrogens (tertiary/aromatic N) is 3. The van der Waals surface area contributed by atoms with Gasteiger partial charge in [-0.05, 0) is 51.2 Å². The summed E-state index contributed by atoms with van der Waals surface area (Å²) in [5.41, 5.74) is 9.59. The summed E-state index contributed by atoms with van der Waals surface area (Å²) in [6, 6.07) is 10.2. The number of benzene rings is 1. The summed E-state index contributed by atoms with van der Waals surface area (Å²) in [7, 11) is 4.00. The van der Waals surface area contributed by atoms with E-state index in [1.54, 1.807) is 11.9 Å². The molecule has 0 amide bonds. The average Bonchev–Trinajstić information content (AvgIpc) is 2.87. The van der Waals surface area contributed by atoms with Crippen LogP contribution in [0.25, 0.3) is 22.0 Å². The van der Waals surface area contributed by atoms with Gasteiger partial charge in [-0.2, -0.15) is 0 Å². The standard InChI is InChI=1S/C20H23FN4S/c1-14-20(15-10-17(12-23-11-15)26-24(2)3)18-6-4-5-7-19(18)25(14)13-16(21)8-9-22/h4-8,10-12H,9,13,22H2,1-3H3/b16-8-. The number of pyridine rings is 1. The van der Waals surface area contributed by atoms with Crippen LogP contribution in [0.2, 0.25) is 0 Å². The minimum atomic E-state index is -0.224. The molecule has 26 heavy (non-hydrogen) atoms. The molecule has 0 aliphatic carbocycles. The van der Waals surface area contributed by atoms with Gasteiger partial charge in [-0.1, -0.05) is 18.2 Å². The van der Waals surface area contributed by atoms with Crippen LogP contribution < -0.4 is 5.73 Å². The number of para-hydroxylation sites is 1. The van der Waals surface area contributed by atoms with E-state index in [9.17, 15) is 4.39 Å². The quantitative estimate of drug-likeness (QED) is 0.654. The Hall–Kier alpha value is -2.15. The first kappa shape index (κ1) is 18.6. The predicted octanol–water partition coefficient (Wildman–Crippen LogP) is 4.39. The van der Waals surface area contributed by atoms with Crippen LogP contribution in [0, 0.1) is 6.92 Å². The van der Waals surface area contributed by atoms with Gasteiger partial charge < -0.3 is 10.3 Å². The van der Waals surface area contributed by atoms with Gasteiger partial charge in [0.15, 0.2) is 0 Å². The van der Waals surface area contributed by atoms with Crippen molar-refractivity contribution >= 4 is 22.9 Å². The molecule has 2 heterocycles. The first-order valence-corrected chi connectivity index (χ1v) is 9.21. The van der Waals surface area contributed by atoms with E-state index in [4.69, 9.17) is 5.73 Å². The third-order valence-electron chi connectivity index (χ3n) is 4.17. The van der Waals surface area contributed by atoms with E-state index in [-0.39, 0.29) is 18.9 Å². The van der Waals surface area contributed by atoms with Crippen LogP contribution in [0.15, 0.2) is 59.5 Å². The monoisotopic (exact) mass is 370 g/mol. The second-order valence-electron chi connectivity index (χ2n) is 6.26. The van der Waals surface area contributed by atoms with Gasteiger partial charge in [0.1, 0.15) is 5.83 Å².